The van der Waals surface area contributed by atoms with Gasteiger partial charge in [0.05, 0.1) is 34.6 Å². The first-order valence-corrected chi connectivity index (χ1v) is 10.9. The summed E-state index contributed by atoms with van der Waals surface area (Å²) < 4.78 is 36.1. The summed E-state index contributed by atoms with van der Waals surface area (Å²) in [6.45, 7) is -0.408. The van der Waals surface area contributed by atoms with E-state index in [2.05, 4.69) is 0 Å². The van der Waals surface area contributed by atoms with E-state index >= 15 is 0 Å². The molecule has 0 saturated carbocycles. The highest BCUT2D eigenvalue weighted by Crippen LogP contribution is 2.38. The number of carbonyl (C=O) groups is 1. The maximum Gasteiger partial charge on any atom is 0.328 e. The molecule has 0 spiro atoms. The lowest BCUT2D eigenvalue weighted by atomic mass is 9.94. The average molecular weight is 502 g/mol. The summed E-state index contributed by atoms with van der Waals surface area (Å²) in [5.74, 6) is -1.85. The second-order valence-corrected chi connectivity index (χ2v) is 7.89. The van der Waals surface area contributed by atoms with Crippen LogP contribution in [0.2, 0.25) is 0 Å². The third-order valence-electron chi connectivity index (χ3n) is 5.74. The molecule has 3 aromatic rings. The number of aryl methyl sites for hydroxylation is 2. The SMILES string of the molecule is COc1ccc(CCc2cc(OC)c(OC)c(OC)c2)cc1C(Cn1cc(F)c(=O)[nH]c1=O)C(=O)O. The molecule has 1 unspecified atom stereocenters. The smallest absolute Gasteiger partial charge is 0.328 e. The monoisotopic (exact) mass is 502 g/mol. The van der Waals surface area contributed by atoms with E-state index in [1.807, 2.05) is 23.2 Å². The first kappa shape index (κ1) is 26.3. The number of nitrogens with one attached hydrogen (secondary N) is 1. The highest BCUT2D eigenvalue weighted by molar-refractivity contribution is 5.77. The van der Waals surface area contributed by atoms with Crippen LogP contribution >= 0.6 is 0 Å². The van der Waals surface area contributed by atoms with Crippen LogP contribution in [-0.4, -0.2) is 49.1 Å². The van der Waals surface area contributed by atoms with Crippen molar-refractivity contribution in [3.05, 3.63) is 79.9 Å². The van der Waals surface area contributed by atoms with Gasteiger partial charge in [0, 0.05) is 12.1 Å². The van der Waals surface area contributed by atoms with Crippen LogP contribution < -0.4 is 30.2 Å². The van der Waals surface area contributed by atoms with Crippen molar-refractivity contribution in [2.75, 3.05) is 28.4 Å². The number of ether oxygens (including phenoxy) is 4. The predicted molar refractivity (Wildman–Crippen MR) is 128 cm³/mol. The molecular formula is C25H27FN2O8. The third kappa shape index (κ3) is 5.68. The second kappa shape index (κ2) is 11.4. The van der Waals surface area contributed by atoms with Crippen molar-refractivity contribution in [1.29, 1.82) is 0 Å². The van der Waals surface area contributed by atoms with E-state index in [4.69, 9.17) is 18.9 Å². The molecule has 36 heavy (non-hydrogen) atoms. The highest BCUT2D eigenvalue weighted by Gasteiger charge is 2.25. The Balaban J connectivity index is 1.93. The van der Waals surface area contributed by atoms with Gasteiger partial charge in [-0.05, 0) is 42.2 Å². The molecule has 1 heterocycles. The molecule has 11 heteroatoms. The Kier molecular flexibility index (Phi) is 8.36. The van der Waals surface area contributed by atoms with E-state index in [9.17, 15) is 23.9 Å². The molecule has 0 saturated heterocycles. The van der Waals surface area contributed by atoms with Gasteiger partial charge in [-0.1, -0.05) is 12.1 Å². The topological polar surface area (TPSA) is 129 Å². The summed E-state index contributed by atoms with van der Waals surface area (Å²) in [5, 5.41) is 9.91. The number of aromatic nitrogens is 2. The minimum Gasteiger partial charge on any atom is -0.496 e. The number of aliphatic carboxylic acids is 1. The van der Waals surface area contributed by atoms with Gasteiger partial charge in [-0.2, -0.15) is 4.39 Å². The molecule has 0 fully saturated rings. The first-order chi connectivity index (χ1) is 17.2. The van der Waals surface area contributed by atoms with Crippen molar-refractivity contribution in [2.24, 2.45) is 0 Å². The molecule has 1 atom stereocenters. The molecule has 192 valence electrons. The molecule has 2 aromatic carbocycles. The number of rotatable bonds is 11. The van der Waals surface area contributed by atoms with E-state index in [-0.39, 0.29) is 0 Å². The number of carboxylic acids is 1. The van der Waals surface area contributed by atoms with Crippen molar-refractivity contribution >= 4 is 5.97 Å². The van der Waals surface area contributed by atoms with Gasteiger partial charge in [0.1, 0.15) is 11.7 Å². The molecule has 10 nitrogen and oxygen atoms in total. The Morgan fingerprint density at radius 3 is 2.11 bits per heavy atom. The number of hydrogen-bond donors (Lipinski definition) is 2. The normalized spacial score (nSPS) is 11.6. The Morgan fingerprint density at radius 2 is 1.56 bits per heavy atom. The standard InChI is InChI=1S/C25H27FN2O8/c1-33-19-8-7-14(5-6-15-10-20(34-2)22(36-4)21(11-15)35-3)9-16(19)17(24(30)31)12-28-13-18(26)23(29)27-25(28)32/h7-11,13,17H,5-6,12H2,1-4H3,(H,30,31)(H,27,29,32). The largest absolute Gasteiger partial charge is 0.496 e. The minimum atomic E-state index is -1.25. The molecule has 0 bridgehead atoms. The molecule has 0 aliphatic rings. The van der Waals surface area contributed by atoms with E-state index in [0.29, 0.717) is 47.6 Å². The molecule has 0 aliphatic carbocycles. The molecule has 3 rings (SSSR count). The predicted octanol–water partition coefficient (Wildman–Crippen LogP) is 2.36. The van der Waals surface area contributed by atoms with Gasteiger partial charge in [0.2, 0.25) is 11.6 Å². The number of halogens is 1. The number of carboxylic acid groups (broad SMARTS) is 1. The van der Waals surface area contributed by atoms with E-state index in [1.54, 1.807) is 12.1 Å². The van der Waals surface area contributed by atoms with Crippen LogP contribution in [0.25, 0.3) is 0 Å². The lowest BCUT2D eigenvalue weighted by molar-refractivity contribution is -0.139. The van der Waals surface area contributed by atoms with Crippen molar-refractivity contribution in [2.45, 2.75) is 25.3 Å². The van der Waals surface area contributed by atoms with Gasteiger partial charge in [-0.15, -0.1) is 0 Å². The molecule has 2 N–H and O–H groups in total. The van der Waals surface area contributed by atoms with Crippen LogP contribution in [0.15, 0.2) is 46.1 Å². The lowest BCUT2D eigenvalue weighted by Crippen LogP contribution is -2.34. The summed E-state index contributed by atoms with van der Waals surface area (Å²) in [5.41, 5.74) is -0.0525. The van der Waals surface area contributed by atoms with E-state index in [0.717, 1.165) is 15.7 Å². The van der Waals surface area contributed by atoms with E-state index < -0.39 is 35.5 Å². The van der Waals surface area contributed by atoms with Crippen LogP contribution in [0.5, 0.6) is 23.0 Å². The Bertz CT molecular complexity index is 1340. The van der Waals surface area contributed by atoms with Crippen molar-refractivity contribution in [3.63, 3.8) is 0 Å². The fourth-order valence-corrected chi connectivity index (χ4v) is 3.90. The summed E-state index contributed by atoms with van der Waals surface area (Å²) in [7, 11) is 5.98. The first-order valence-electron chi connectivity index (χ1n) is 10.9. The minimum absolute atomic E-state index is 0.303. The van der Waals surface area contributed by atoms with Crippen LogP contribution in [0.1, 0.15) is 22.6 Å². The van der Waals surface area contributed by atoms with Crippen molar-refractivity contribution in [1.82, 2.24) is 9.55 Å². The summed E-state index contributed by atoms with van der Waals surface area (Å²) >= 11 is 0. The Hall–Kier alpha value is -4.28. The zero-order chi connectivity index (χ0) is 26.4. The van der Waals surface area contributed by atoms with Gasteiger partial charge in [0.15, 0.2) is 11.5 Å². The molecule has 0 aliphatic heterocycles. The molecular weight excluding hydrogens is 475 g/mol. The van der Waals surface area contributed by atoms with Crippen molar-refractivity contribution in [3.8, 4) is 23.0 Å². The quantitative estimate of drug-likeness (QED) is 0.409. The number of hydrogen-bond acceptors (Lipinski definition) is 7. The molecule has 1 aromatic heterocycles. The second-order valence-electron chi connectivity index (χ2n) is 7.89. The number of benzene rings is 2. The van der Waals surface area contributed by atoms with E-state index in [1.165, 1.54) is 28.4 Å². The average Bonchev–Trinajstić information content (AvgIpc) is 2.87. The maximum absolute atomic E-state index is 13.7. The lowest BCUT2D eigenvalue weighted by Gasteiger charge is -2.19. The van der Waals surface area contributed by atoms with Gasteiger partial charge >= 0.3 is 11.7 Å². The number of methoxy groups -OCH3 is 4. The fourth-order valence-electron chi connectivity index (χ4n) is 3.90. The van der Waals surface area contributed by atoms with Gasteiger partial charge in [-0.25, -0.2) is 4.79 Å². The Morgan fingerprint density at radius 1 is 0.944 bits per heavy atom. The fraction of sp³-hybridized carbons (Fsp3) is 0.320. The summed E-state index contributed by atoms with van der Waals surface area (Å²) in [4.78, 5) is 37.4. The zero-order valence-electron chi connectivity index (χ0n) is 20.3. The number of H-pyrrole nitrogens is 1. The summed E-state index contributed by atoms with van der Waals surface area (Å²) in [6.07, 6.45) is 1.80. The van der Waals surface area contributed by atoms with Gasteiger partial charge < -0.3 is 24.1 Å². The number of nitrogens with zero attached hydrogens (tertiary/aromatic N) is 1. The number of aromatic amines is 1. The van der Waals surface area contributed by atoms with Crippen LogP contribution in [0.3, 0.4) is 0 Å². The van der Waals surface area contributed by atoms with Crippen LogP contribution in [0, 0.1) is 5.82 Å². The zero-order valence-corrected chi connectivity index (χ0v) is 20.3. The van der Waals surface area contributed by atoms with Gasteiger partial charge in [0.25, 0.3) is 5.56 Å². The van der Waals surface area contributed by atoms with Crippen molar-refractivity contribution < 1.29 is 33.2 Å². The Labute approximate surface area is 205 Å². The summed E-state index contributed by atoms with van der Waals surface area (Å²) in [6, 6.07) is 8.81. The van der Waals surface area contributed by atoms with Gasteiger partial charge in [-0.3, -0.25) is 19.1 Å². The molecule has 0 radical (unpaired) electrons. The maximum atomic E-state index is 13.7. The van der Waals surface area contributed by atoms with Crippen LogP contribution in [-0.2, 0) is 24.2 Å². The highest BCUT2D eigenvalue weighted by atomic mass is 19.1. The third-order valence-corrected chi connectivity index (χ3v) is 5.74. The molecule has 0 amide bonds. The van der Waals surface area contributed by atoms with Crippen LogP contribution in [0.4, 0.5) is 4.39 Å².